The van der Waals surface area contributed by atoms with Crippen molar-refractivity contribution in [2.24, 2.45) is 0 Å². The zero-order chi connectivity index (χ0) is 11.7. The van der Waals surface area contributed by atoms with Gasteiger partial charge < -0.3 is 10.0 Å². The molecule has 0 spiro atoms. The van der Waals surface area contributed by atoms with Crippen molar-refractivity contribution >= 4 is 18.1 Å². The van der Waals surface area contributed by atoms with E-state index in [1.54, 1.807) is 12.3 Å². The fourth-order valence-electron chi connectivity index (χ4n) is 1.58. The third-order valence-corrected chi connectivity index (χ3v) is 2.27. The highest BCUT2D eigenvalue weighted by molar-refractivity contribution is 5.85. The lowest BCUT2D eigenvalue weighted by molar-refractivity contribution is 0.399. The highest BCUT2D eigenvalue weighted by Gasteiger charge is 2.07. The third-order valence-electron chi connectivity index (χ3n) is 2.27. The monoisotopic (exact) mass is 255 g/mol. The molecule has 6 heteroatoms. The molecule has 2 rings (SSSR count). The lowest BCUT2D eigenvalue weighted by Crippen LogP contribution is -2.23. The Morgan fingerprint density at radius 2 is 2.18 bits per heavy atom. The zero-order valence-electron chi connectivity index (χ0n) is 9.62. The average Bonchev–Trinajstić information content (AvgIpc) is 2.23. The summed E-state index contributed by atoms with van der Waals surface area (Å²) in [6, 6.07) is 3.12. The second-order valence-electron chi connectivity index (χ2n) is 3.91. The summed E-state index contributed by atoms with van der Waals surface area (Å²) < 4.78 is 1.36. The van der Waals surface area contributed by atoms with Crippen LogP contribution in [0.2, 0.25) is 0 Å². The van der Waals surface area contributed by atoms with Crippen LogP contribution in [0.1, 0.15) is 5.56 Å². The first-order valence-corrected chi connectivity index (χ1v) is 4.92. The molecule has 2 aromatic rings. The molecule has 0 radical (unpaired) electrons. The van der Waals surface area contributed by atoms with Crippen molar-refractivity contribution < 1.29 is 5.11 Å². The Morgan fingerprint density at radius 3 is 2.82 bits per heavy atom. The van der Waals surface area contributed by atoms with Gasteiger partial charge in [-0.05, 0) is 26.2 Å². The number of hydrogen-bond donors (Lipinski definition) is 1. The Morgan fingerprint density at radius 1 is 1.47 bits per heavy atom. The van der Waals surface area contributed by atoms with Crippen molar-refractivity contribution in [2.45, 2.75) is 6.54 Å². The van der Waals surface area contributed by atoms with Crippen molar-refractivity contribution in [3.05, 3.63) is 40.4 Å². The molecule has 0 aromatic carbocycles. The van der Waals surface area contributed by atoms with E-state index in [9.17, 15) is 9.90 Å². The van der Waals surface area contributed by atoms with E-state index < -0.39 is 0 Å². The molecule has 0 aliphatic heterocycles. The molecule has 0 bridgehead atoms. The number of aromatic hydroxyl groups is 1. The molecule has 5 nitrogen and oxygen atoms in total. The largest absolute Gasteiger partial charge is 0.504 e. The minimum Gasteiger partial charge on any atom is -0.504 e. The Balaban J connectivity index is 0.00000144. The second kappa shape index (κ2) is 5.16. The number of pyridine rings is 1. The van der Waals surface area contributed by atoms with Gasteiger partial charge in [-0.3, -0.25) is 9.20 Å². The molecule has 0 aliphatic carbocycles. The highest BCUT2D eigenvalue weighted by Crippen LogP contribution is 2.13. The minimum atomic E-state index is -0.144. The van der Waals surface area contributed by atoms with Gasteiger partial charge in [-0.2, -0.15) is 0 Å². The first-order chi connectivity index (χ1) is 7.59. The Bertz CT molecular complexity index is 580. The number of halogens is 1. The van der Waals surface area contributed by atoms with E-state index in [1.165, 1.54) is 16.7 Å². The quantitative estimate of drug-likeness (QED) is 0.866. The van der Waals surface area contributed by atoms with Crippen LogP contribution in [0.4, 0.5) is 0 Å². The molecular weight excluding hydrogens is 242 g/mol. The Hall–Kier alpha value is -1.59. The summed E-state index contributed by atoms with van der Waals surface area (Å²) in [4.78, 5) is 18.0. The minimum absolute atomic E-state index is 0. The SMILES string of the molecule is CN(C)Cc1cnc2c(O)cccn2c1=O.Cl. The third kappa shape index (κ3) is 2.57. The molecule has 0 amide bonds. The Labute approximate surface area is 105 Å². The standard InChI is InChI=1S/C11H13N3O2.ClH/c1-13(2)7-8-6-12-10-9(15)4-3-5-14(10)11(8)16;/h3-6,15H,7H2,1-2H3;1H. The van der Waals surface area contributed by atoms with E-state index in [2.05, 4.69) is 4.98 Å². The van der Waals surface area contributed by atoms with Gasteiger partial charge in [0, 0.05) is 18.9 Å². The maximum atomic E-state index is 12.0. The number of nitrogens with zero attached hydrogens (tertiary/aromatic N) is 3. The molecule has 0 atom stereocenters. The van der Waals surface area contributed by atoms with Gasteiger partial charge in [-0.1, -0.05) is 0 Å². The van der Waals surface area contributed by atoms with Gasteiger partial charge in [0.15, 0.2) is 11.4 Å². The van der Waals surface area contributed by atoms with Crippen molar-refractivity contribution in [1.29, 1.82) is 0 Å². The van der Waals surface area contributed by atoms with Crippen molar-refractivity contribution in [3.8, 4) is 5.75 Å². The lowest BCUT2D eigenvalue weighted by Gasteiger charge is -2.09. The summed E-state index contributed by atoms with van der Waals surface area (Å²) in [5.74, 6) is 0.0102. The van der Waals surface area contributed by atoms with Gasteiger partial charge in [-0.25, -0.2) is 4.98 Å². The number of aromatic nitrogens is 2. The fraction of sp³-hybridized carbons (Fsp3) is 0.273. The molecule has 0 aliphatic rings. The van der Waals surface area contributed by atoms with Crippen LogP contribution in [0.15, 0.2) is 29.3 Å². The predicted octanol–water partition coefficient (Wildman–Crippen LogP) is 0.883. The van der Waals surface area contributed by atoms with Gasteiger partial charge in [0.1, 0.15) is 0 Å². The number of fused-ring (bicyclic) bond motifs is 1. The van der Waals surface area contributed by atoms with Gasteiger partial charge in [0.2, 0.25) is 0 Å². The highest BCUT2D eigenvalue weighted by atomic mass is 35.5. The van der Waals surface area contributed by atoms with E-state index in [0.29, 0.717) is 12.1 Å². The van der Waals surface area contributed by atoms with Crippen molar-refractivity contribution in [2.75, 3.05) is 14.1 Å². The van der Waals surface area contributed by atoms with Crippen LogP contribution >= 0.6 is 12.4 Å². The molecule has 1 N–H and O–H groups in total. The maximum Gasteiger partial charge on any atom is 0.262 e. The molecule has 0 unspecified atom stereocenters. The summed E-state index contributed by atoms with van der Waals surface area (Å²) in [7, 11) is 3.77. The van der Waals surface area contributed by atoms with Gasteiger partial charge in [-0.15, -0.1) is 12.4 Å². The van der Waals surface area contributed by atoms with E-state index >= 15 is 0 Å². The summed E-state index contributed by atoms with van der Waals surface area (Å²) in [5.41, 5.74) is 0.748. The summed E-state index contributed by atoms with van der Waals surface area (Å²) >= 11 is 0. The smallest absolute Gasteiger partial charge is 0.262 e. The van der Waals surface area contributed by atoms with Crippen LogP contribution in [0, 0.1) is 0 Å². The molecule has 17 heavy (non-hydrogen) atoms. The van der Waals surface area contributed by atoms with Gasteiger partial charge >= 0.3 is 0 Å². The first-order valence-electron chi connectivity index (χ1n) is 4.92. The van der Waals surface area contributed by atoms with Crippen LogP contribution in [-0.4, -0.2) is 33.5 Å². The fourth-order valence-corrected chi connectivity index (χ4v) is 1.58. The van der Waals surface area contributed by atoms with Crippen LogP contribution in [0.25, 0.3) is 5.65 Å². The summed E-state index contributed by atoms with van der Waals surface area (Å²) in [6.45, 7) is 0.532. The molecule has 0 saturated heterocycles. The lowest BCUT2D eigenvalue weighted by atomic mass is 10.3. The topological polar surface area (TPSA) is 57.8 Å². The summed E-state index contributed by atoms with van der Waals surface area (Å²) in [5, 5.41) is 9.54. The van der Waals surface area contributed by atoms with Gasteiger partial charge in [0.05, 0.1) is 5.56 Å². The van der Waals surface area contributed by atoms with E-state index in [1.807, 2.05) is 19.0 Å². The molecular formula is C11H14ClN3O2. The maximum absolute atomic E-state index is 12.0. The zero-order valence-corrected chi connectivity index (χ0v) is 10.4. The summed E-state index contributed by atoms with van der Waals surface area (Å²) in [6.07, 6.45) is 3.11. The number of hydrogen-bond acceptors (Lipinski definition) is 4. The van der Waals surface area contributed by atoms with E-state index in [-0.39, 0.29) is 29.4 Å². The molecule has 2 aromatic heterocycles. The second-order valence-corrected chi connectivity index (χ2v) is 3.91. The molecule has 2 heterocycles. The average molecular weight is 256 g/mol. The van der Waals surface area contributed by atoms with E-state index in [0.717, 1.165) is 0 Å². The predicted molar refractivity (Wildman–Crippen MR) is 67.8 cm³/mol. The van der Waals surface area contributed by atoms with Crippen LogP contribution in [-0.2, 0) is 6.54 Å². The number of rotatable bonds is 2. The van der Waals surface area contributed by atoms with Crippen molar-refractivity contribution in [3.63, 3.8) is 0 Å². The molecule has 92 valence electrons. The normalized spacial score (nSPS) is 10.5. The van der Waals surface area contributed by atoms with Gasteiger partial charge in [0.25, 0.3) is 5.56 Å². The van der Waals surface area contributed by atoms with Crippen LogP contribution in [0.5, 0.6) is 5.75 Å². The van der Waals surface area contributed by atoms with Crippen molar-refractivity contribution in [1.82, 2.24) is 14.3 Å². The molecule has 0 saturated carbocycles. The molecule has 0 fully saturated rings. The first kappa shape index (κ1) is 13.5. The van der Waals surface area contributed by atoms with Crippen LogP contribution in [0.3, 0.4) is 0 Å². The Kier molecular flexibility index (Phi) is 4.09. The van der Waals surface area contributed by atoms with Crippen LogP contribution < -0.4 is 5.56 Å². The van der Waals surface area contributed by atoms with E-state index in [4.69, 9.17) is 0 Å².